The SMILES string of the molecule is CCCC[C@@H](OC(=O)CC)c1ccc2c(c1)OCO2. The minimum Gasteiger partial charge on any atom is -0.457 e. The third-order valence-electron chi connectivity index (χ3n) is 3.15. The summed E-state index contributed by atoms with van der Waals surface area (Å²) in [6.45, 7) is 4.18. The second kappa shape index (κ2) is 6.45. The summed E-state index contributed by atoms with van der Waals surface area (Å²) in [5.74, 6) is 1.31. The lowest BCUT2D eigenvalue weighted by Crippen LogP contribution is -2.10. The molecule has 1 aliphatic rings. The summed E-state index contributed by atoms with van der Waals surface area (Å²) in [5.41, 5.74) is 0.972. The summed E-state index contributed by atoms with van der Waals surface area (Å²) in [4.78, 5) is 11.5. The number of esters is 1. The van der Waals surface area contributed by atoms with Crippen molar-refractivity contribution in [1.82, 2.24) is 0 Å². The van der Waals surface area contributed by atoms with Crippen molar-refractivity contribution in [1.29, 1.82) is 0 Å². The van der Waals surface area contributed by atoms with E-state index in [1.54, 1.807) is 6.92 Å². The van der Waals surface area contributed by atoms with E-state index < -0.39 is 0 Å². The van der Waals surface area contributed by atoms with Gasteiger partial charge in [-0.05, 0) is 30.5 Å². The molecule has 0 aliphatic carbocycles. The number of ether oxygens (including phenoxy) is 3. The van der Waals surface area contributed by atoms with Gasteiger partial charge in [0.15, 0.2) is 11.5 Å². The van der Waals surface area contributed by atoms with E-state index in [9.17, 15) is 4.79 Å². The van der Waals surface area contributed by atoms with Crippen LogP contribution in [-0.4, -0.2) is 12.8 Å². The average molecular weight is 264 g/mol. The van der Waals surface area contributed by atoms with Crippen molar-refractivity contribution in [3.8, 4) is 11.5 Å². The highest BCUT2D eigenvalue weighted by molar-refractivity contribution is 5.69. The molecule has 0 spiro atoms. The van der Waals surface area contributed by atoms with Gasteiger partial charge in [-0.1, -0.05) is 26.3 Å². The average Bonchev–Trinajstić information content (AvgIpc) is 2.90. The van der Waals surface area contributed by atoms with Crippen molar-refractivity contribution in [3.05, 3.63) is 23.8 Å². The first-order valence-corrected chi connectivity index (χ1v) is 6.83. The van der Waals surface area contributed by atoms with Gasteiger partial charge in [0, 0.05) is 6.42 Å². The highest BCUT2D eigenvalue weighted by Crippen LogP contribution is 2.36. The number of unbranched alkanes of at least 4 members (excludes halogenated alkanes) is 1. The Morgan fingerprint density at radius 3 is 2.84 bits per heavy atom. The molecule has 19 heavy (non-hydrogen) atoms. The maximum Gasteiger partial charge on any atom is 0.306 e. The van der Waals surface area contributed by atoms with E-state index in [-0.39, 0.29) is 18.9 Å². The van der Waals surface area contributed by atoms with Gasteiger partial charge in [0.05, 0.1) is 0 Å². The van der Waals surface area contributed by atoms with Crippen LogP contribution >= 0.6 is 0 Å². The maximum atomic E-state index is 11.5. The van der Waals surface area contributed by atoms with Gasteiger partial charge in [-0.2, -0.15) is 0 Å². The number of carbonyl (C=O) groups excluding carboxylic acids is 1. The summed E-state index contributed by atoms with van der Waals surface area (Å²) in [6.07, 6.45) is 3.14. The number of hydrogen-bond donors (Lipinski definition) is 0. The molecule has 1 heterocycles. The highest BCUT2D eigenvalue weighted by atomic mass is 16.7. The number of rotatable bonds is 6. The summed E-state index contributed by atoms with van der Waals surface area (Å²) in [7, 11) is 0. The van der Waals surface area contributed by atoms with Gasteiger partial charge in [-0.3, -0.25) is 4.79 Å². The topological polar surface area (TPSA) is 44.8 Å². The van der Waals surface area contributed by atoms with Gasteiger partial charge in [0.2, 0.25) is 6.79 Å². The monoisotopic (exact) mass is 264 g/mol. The molecule has 0 saturated heterocycles. The molecule has 1 aromatic carbocycles. The van der Waals surface area contributed by atoms with Gasteiger partial charge >= 0.3 is 5.97 Å². The molecule has 0 unspecified atom stereocenters. The molecule has 2 rings (SSSR count). The first-order chi connectivity index (χ1) is 9.24. The van der Waals surface area contributed by atoms with Crippen LogP contribution in [0.3, 0.4) is 0 Å². The number of hydrogen-bond acceptors (Lipinski definition) is 4. The molecule has 0 saturated carbocycles. The largest absolute Gasteiger partial charge is 0.457 e. The van der Waals surface area contributed by atoms with E-state index in [4.69, 9.17) is 14.2 Å². The van der Waals surface area contributed by atoms with Crippen molar-refractivity contribution in [2.75, 3.05) is 6.79 Å². The summed E-state index contributed by atoms with van der Waals surface area (Å²) >= 11 is 0. The van der Waals surface area contributed by atoms with Crippen LogP contribution in [0.4, 0.5) is 0 Å². The van der Waals surface area contributed by atoms with Crippen LogP contribution < -0.4 is 9.47 Å². The van der Waals surface area contributed by atoms with Gasteiger partial charge in [0.1, 0.15) is 6.10 Å². The van der Waals surface area contributed by atoms with Gasteiger partial charge < -0.3 is 14.2 Å². The molecule has 0 N–H and O–H groups in total. The Hall–Kier alpha value is -1.71. The molecule has 104 valence electrons. The fourth-order valence-electron chi connectivity index (χ4n) is 2.04. The molecular formula is C15H20O4. The zero-order valence-electron chi connectivity index (χ0n) is 11.5. The summed E-state index contributed by atoms with van der Waals surface area (Å²) in [6, 6.07) is 5.72. The lowest BCUT2D eigenvalue weighted by molar-refractivity contribution is -0.149. The van der Waals surface area contributed by atoms with Crippen molar-refractivity contribution in [3.63, 3.8) is 0 Å². The third-order valence-corrected chi connectivity index (χ3v) is 3.15. The minimum atomic E-state index is -0.193. The first-order valence-electron chi connectivity index (χ1n) is 6.83. The fourth-order valence-corrected chi connectivity index (χ4v) is 2.04. The Bertz CT molecular complexity index is 442. The van der Waals surface area contributed by atoms with Gasteiger partial charge in [-0.25, -0.2) is 0 Å². The van der Waals surface area contributed by atoms with Crippen LogP contribution in [-0.2, 0) is 9.53 Å². The normalized spacial score (nSPS) is 14.2. The van der Waals surface area contributed by atoms with Crippen LogP contribution in [0.15, 0.2) is 18.2 Å². The Balaban J connectivity index is 2.14. The van der Waals surface area contributed by atoms with Crippen molar-refractivity contribution >= 4 is 5.97 Å². The number of benzene rings is 1. The van der Waals surface area contributed by atoms with E-state index in [0.717, 1.165) is 36.3 Å². The third kappa shape index (κ3) is 3.40. The zero-order chi connectivity index (χ0) is 13.7. The summed E-state index contributed by atoms with van der Waals surface area (Å²) in [5, 5.41) is 0. The summed E-state index contributed by atoms with van der Waals surface area (Å²) < 4.78 is 16.2. The molecule has 1 aromatic rings. The van der Waals surface area contributed by atoms with E-state index >= 15 is 0 Å². The van der Waals surface area contributed by atoms with Crippen molar-refractivity contribution in [2.24, 2.45) is 0 Å². The predicted molar refractivity (Wildman–Crippen MR) is 71.2 cm³/mol. The Morgan fingerprint density at radius 2 is 2.11 bits per heavy atom. The Kier molecular flexibility index (Phi) is 4.66. The van der Waals surface area contributed by atoms with E-state index in [0.29, 0.717) is 6.42 Å². The minimum absolute atomic E-state index is 0.168. The Morgan fingerprint density at radius 1 is 1.32 bits per heavy atom. The molecule has 1 aliphatic heterocycles. The molecule has 0 amide bonds. The number of fused-ring (bicyclic) bond motifs is 1. The molecule has 0 radical (unpaired) electrons. The lowest BCUT2D eigenvalue weighted by Gasteiger charge is -2.18. The quantitative estimate of drug-likeness (QED) is 0.736. The van der Waals surface area contributed by atoms with E-state index in [2.05, 4.69) is 6.92 Å². The second-order valence-corrected chi connectivity index (χ2v) is 4.59. The molecule has 0 aromatic heterocycles. The van der Waals surface area contributed by atoms with Crippen molar-refractivity contribution in [2.45, 2.75) is 45.6 Å². The number of carbonyl (C=O) groups is 1. The second-order valence-electron chi connectivity index (χ2n) is 4.59. The standard InChI is InChI=1S/C15H20O4/c1-3-5-6-12(19-15(16)4-2)11-7-8-13-14(9-11)18-10-17-13/h7-9,12H,3-6,10H2,1-2H3/t12-/m1/s1. The zero-order valence-corrected chi connectivity index (χ0v) is 11.5. The molecule has 4 nitrogen and oxygen atoms in total. The smallest absolute Gasteiger partial charge is 0.306 e. The van der Waals surface area contributed by atoms with E-state index in [1.165, 1.54) is 0 Å². The van der Waals surface area contributed by atoms with Crippen LogP contribution in [0.2, 0.25) is 0 Å². The fraction of sp³-hybridized carbons (Fsp3) is 0.533. The Labute approximate surface area is 113 Å². The van der Waals surface area contributed by atoms with Crippen LogP contribution in [0, 0.1) is 0 Å². The van der Waals surface area contributed by atoms with E-state index in [1.807, 2.05) is 18.2 Å². The molecule has 1 atom stereocenters. The maximum absolute atomic E-state index is 11.5. The first kappa shape index (κ1) is 13.7. The lowest BCUT2D eigenvalue weighted by atomic mass is 10.0. The molecular weight excluding hydrogens is 244 g/mol. The highest BCUT2D eigenvalue weighted by Gasteiger charge is 2.20. The van der Waals surface area contributed by atoms with Crippen LogP contribution in [0.1, 0.15) is 51.2 Å². The molecule has 0 bridgehead atoms. The van der Waals surface area contributed by atoms with Gasteiger partial charge in [0.25, 0.3) is 0 Å². The van der Waals surface area contributed by atoms with Gasteiger partial charge in [-0.15, -0.1) is 0 Å². The predicted octanol–water partition coefficient (Wildman–Crippen LogP) is 3.60. The molecule has 0 fully saturated rings. The van der Waals surface area contributed by atoms with Crippen molar-refractivity contribution < 1.29 is 19.0 Å². The molecule has 4 heteroatoms. The van der Waals surface area contributed by atoms with Crippen LogP contribution in [0.25, 0.3) is 0 Å². The van der Waals surface area contributed by atoms with Crippen LogP contribution in [0.5, 0.6) is 11.5 Å².